The number of carboxylic acids is 1. The number of nitrogens with one attached hydrogen (secondary N) is 1. The Morgan fingerprint density at radius 1 is 1.09 bits per heavy atom. The summed E-state index contributed by atoms with van der Waals surface area (Å²) >= 11 is 0. The summed E-state index contributed by atoms with van der Waals surface area (Å²) in [5, 5.41) is 12.1. The quantitative estimate of drug-likeness (QED) is 0.638. The van der Waals surface area contributed by atoms with E-state index in [2.05, 4.69) is 29.6 Å². The number of ether oxygens (including phenoxy) is 1. The van der Waals surface area contributed by atoms with Crippen molar-refractivity contribution >= 4 is 18.0 Å². The van der Waals surface area contributed by atoms with Gasteiger partial charge in [0.05, 0.1) is 5.92 Å². The fraction of sp³-hybridized carbons (Fsp3) is 0.444. The van der Waals surface area contributed by atoms with Gasteiger partial charge in [0, 0.05) is 19.0 Å². The fourth-order valence-corrected chi connectivity index (χ4v) is 5.26. The second-order valence-electron chi connectivity index (χ2n) is 9.31. The number of amides is 2. The number of piperidine rings is 1. The van der Waals surface area contributed by atoms with E-state index in [1.807, 2.05) is 38.1 Å². The first-order valence-corrected chi connectivity index (χ1v) is 12.0. The number of likely N-dealkylation sites (tertiary alicyclic amines) is 1. The number of carboxylic acid groups (broad SMARTS) is 1. The molecule has 0 bridgehead atoms. The van der Waals surface area contributed by atoms with Crippen LogP contribution in [0.5, 0.6) is 0 Å². The smallest absolute Gasteiger partial charge is 0.407 e. The first-order chi connectivity index (χ1) is 16.4. The van der Waals surface area contributed by atoms with Crippen molar-refractivity contribution < 1.29 is 24.2 Å². The maximum atomic E-state index is 13.1. The molecule has 3 atom stereocenters. The minimum atomic E-state index is -0.818. The van der Waals surface area contributed by atoms with Crippen molar-refractivity contribution in [3.05, 3.63) is 59.7 Å². The molecule has 2 unspecified atom stereocenters. The monoisotopic (exact) mass is 464 g/mol. The molecule has 7 nitrogen and oxygen atoms in total. The summed E-state index contributed by atoms with van der Waals surface area (Å²) in [6, 6.07) is 15.6. The van der Waals surface area contributed by atoms with E-state index in [1.165, 1.54) is 0 Å². The minimum Gasteiger partial charge on any atom is -0.481 e. The van der Waals surface area contributed by atoms with Gasteiger partial charge in [-0.1, -0.05) is 68.8 Å². The van der Waals surface area contributed by atoms with E-state index < -0.39 is 24.0 Å². The standard InChI is InChI=1S/C27H32N2O5/c1-3-8-24(25(30)29-14-13-18(26(31)32)17(2)15-29)28-27(33)34-16-23-21-11-6-4-9-19(21)20-10-5-7-12-22(20)23/h4-7,9-12,17-18,23-24H,3,8,13-16H2,1-2H3,(H,28,33)(H,31,32)/t17?,18?,24-/m1/s1. The second kappa shape index (κ2) is 10.3. The van der Waals surface area contributed by atoms with Gasteiger partial charge in [-0.05, 0) is 41.0 Å². The summed E-state index contributed by atoms with van der Waals surface area (Å²) in [6.45, 7) is 4.76. The highest BCUT2D eigenvalue weighted by atomic mass is 16.5. The fourth-order valence-electron chi connectivity index (χ4n) is 5.26. The van der Waals surface area contributed by atoms with E-state index in [0.717, 1.165) is 28.7 Å². The Balaban J connectivity index is 1.38. The molecule has 1 saturated heterocycles. The molecule has 34 heavy (non-hydrogen) atoms. The molecule has 0 aromatic heterocycles. The van der Waals surface area contributed by atoms with Gasteiger partial charge >= 0.3 is 12.1 Å². The van der Waals surface area contributed by atoms with Crippen molar-refractivity contribution in [3.63, 3.8) is 0 Å². The van der Waals surface area contributed by atoms with E-state index in [1.54, 1.807) is 4.90 Å². The molecule has 1 aliphatic carbocycles. The maximum absolute atomic E-state index is 13.1. The molecule has 2 aromatic carbocycles. The third-order valence-electron chi connectivity index (χ3n) is 7.05. The number of alkyl carbamates (subject to hydrolysis) is 1. The van der Waals surface area contributed by atoms with Gasteiger partial charge < -0.3 is 20.1 Å². The lowest BCUT2D eigenvalue weighted by Crippen LogP contribution is -2.53. The van der Waals surface area contributed by atoms with E-state index in [-0.39, 0.29) is 24.3 Å². The third-order valence-corrected chi connectivity index (χ3v) is 7.05. The van der Waals surface area contributed by atoms with Crippen LogP contribution >= 0.6 is 0 Å². The van der Waals surface area contributed by atoms with E-state index in [4.69, 9.17) is 4.74 Å². The number of nitrogens with zero attached hydrogens (tertiary/aromatic N) is 1. The average molecular weight is 465 g/mol. The zero-order valence-electron chi connectivity index (χ0n) is 19.7. The number of carbonyl (C=O) groups excluding carboxylic acids is 2. The average Bonchev–Trinajstić information content (AvgIpc) is 3.15. The Kier molecular flexibility index (Phi) is 7.20. The highest BCUT2D eigenvalue weighted by Gasteiger charge is 2.36. The third kappa shape index (κ3) is 4.79. The number of hydrogen-bond donors (Lipinski definition) is 2. The van der Waals surface area contributed by atoms with E-state index in [9.17, 15) is 19.5 Å². The van der Waals surface area contributed by atoms with E-state index in [0.29, 0.717) is 25.9 Å². The Morgan fingerprint density at radius 3 is 2.26 bits per heavy atom. The minimum absolute atomic E-state index is 0.0469. The molecule has 0 spiro atoms. The lowest BCUT2D eigenvalue weighted by Gasteiger charge is -2.36. The molecular formula is C27H32N2O5. The molecule has 1 aliphatic heterocycles. The van der Waals surface area contributed by atoms with Crippen molar-refractivity contribution in [3.8, 4) is 11.1 Å². The zero-order chi connectivity index (χ0) is 24.2. The van der Waals surface area contributed by atoms with Crippen molar-refractivity contribution in [2.24, 2.45) is 11.8 Å². The van der Waals surface area contributed by atoms with Gasteiger partial charge in [0.1, 0.15) is 12.6 Å². The first kappa shape index (κ1) is 23.8. The van der Waals surface area contributed by atoms with Crippen LogP contribution in [-0.4, -0.2) is 53.7 Å². The molecule has 180 valence electrons. The topological polar surface area (TPSA) is 95.9 Å². The molecule has 4 rings (SSSR count). The molecule has 1 heterocycles. The largest absolute Gasteiger partial charge is 0.481 e. The maximum Gasteiger partial charge on any atom is 0.407 e. The van der Waals surface area contributed by atoms with Crippen molar-refractivity contribution in [1.29, 1.82) is 0 Å². The van der Waals surface area contributed by atoms with Crippen molar-refractivity contribution in [2.45, 2.75) is 45.1 Å². The summed E-state index contributed by atoms with van der Waals surface area (Å²) in [5.74, 6) is -1.61. The van der Waals surface area contributed by atoms with Gasteiger partial charge in [0.15, 0.2) is 0 Å². The van der Waals surface area contributed by atoms with Crippen LogP contribution in [0, 0.1) is 11.8 Å². The highest BCUT2D eigenvalue weighted by Crippen LogP contribution is 2.44. The van der Waals surface area contributed by atoms with Gasteiger partial charge in [-0.25, -0.2) is 4.79 Å². The first-order valence-electron chi connectivity index (χ1n) is 12.0. The summed E-state index contributed by atoms with van der Waals surface area (Å²) < 4.78 is 5.63. The second-order valence-corrected chi connectivity index (χ2v) is 9.31. The van der Waals surface area contributed by atoms with Crippen LogP contribution in [0.1, 0.15) is 50.2 Å². The molecule has 0 radical (unpaired) electrons. The normalized spacial score (nSPS) is 20.2. The summed E-state index contributed by atoms with van der Waals surface area (Å²) in [5.41, 5.74) is 4.58. The molecule has 0 saturated carbocycles. The number of hydrogen-bond acceptors (Lipinski definition) is 4. The van der Waals surface area contributed by atoms with Crippen LogP contribution in [0.25, 0.3) is 11.1 Å². The van der Waals surface area contributed by atoms with Crippen LogP contribution < -0.4 is 5.32 Å². The van der Waals surface area contributed by atoms with Crippen LogP contribution in [-0.2, 0) is 14.3 Å². The number of fused-ring (bicyclic) bond motifs is 3. The highest BCUT2D eigenvalue weighted by molar-refractivity contribution is 5.86. The van der Waals surface area contributed by atoms with Gasteiger partial charge in [-0.15, -0.1) is 0 Å². The van der Waals surface area contributed by atoms with Gasteiger partial charge in [0.25, 0.3) is 0 Å². The predicted molar refractivity (Wildman–Crippen MR) is 128 cm³/mol. The van der Waals surface area contributed by atoms with Gasteiger partial charge in [-0.3, -0.25) is 9.59 Å². The number of rotatable bonds is 7. The van der Waals surface area contributed by atoms with E-state index >= 15 is 0 Å². The van der Waals surface area contributed by atoms with Crippen molar-refractivity contribution in [2.75, 3.05) is 19.7 Å². The van der Waals surface area contributed by atoms with Gasteiger partial charge in [-0.2, -0.15) is 0 Å². The summed E-state index contributed by atoms with van der Waals surface area (Å²) in [7, 11) is 0. The lowest BCUT2D eigenvalue weighted by atomic mass is 9.86. The molecule has 7 heteroatoms. The Morgan fingerprint density at radius 2 is 1.71 bits per heavy atom. The number of benzene rings is 2. The summed E-state index contributed by atoms with van der Waals surface area (Å²) in [6.07, 6.45) is 1.03. The van der Waals surface area contributed by atoms with Crippen molar-refractivity contribution in [1.82, 2.24) is 10.2 Å². The van der Waals surface area contributed by atoms with Gasteiger partial charge in [0.2, 0.25) is 5.91 Å². The zero-order valence-corrected chi connectivity index (χ0v) is 19.7. The number of carbonyl (C=O) groups is 3. The molecular weight excluding hydrogens is 432 g/mol. The Hall–Kier alpha value is -3.35. The lowest BCUT2D eigenvalue weighted by molar-refractivity contribution is -0.148. The Bertz CT molecular complexity index is 1020. The number of aliphatic carboxylic acids is 1. The molecule has 1 fully saturated rings. The SMILES string of the molecule is CCC[C@@H](NC(=O)OCC1c2ccccc2-c2ccccc21)C(=O)N1CCC(C(=O)O)C(C)C1. The van der Waals surface area contributed by atoms with Crippen LogP contribution in [0.4, 0.5) is 4.79 Å². The summed E-state index contributed by atoms with van der Waals surface area (Å²) in [4.78, 5) is 38.9. The molecule has 2 N–H and O–H groups in total. The Labute approximate surface area is 200 Å². The molecule has 2 aromatic rings. The molecule has 2 amide bonds. The predicted octanol–water partition coefficient (Wildman–Crippen LogP) is 4.26. The van der Waals surface area contributed by atoms with Crippen LogP contribution in [0.15, 0.2) is 48.5 Å². The molecule has 2 aliphatic rings. The van der Waals surface area contributed by atoms with Crippen LogP contribution in [0.3, 0.4) is 0 Å². The van der Waals surface area contributed by atoms with Crippen LogP contribution in [0.2, 0.25) is 0 Å².